The molecule has 4 rings (SSSR count). The third-order valence-corrected chi connectivity index (χ3v) is 4.75. The van der Waals surface area contributed by atoms with E-state index in [2.05, 4.69) is 15.0 Å². The van der Waals surface area contributed by atoms with Gasteiger partial charge in [-0.1, -0.05) is 39.0 Å². The quantitative estimate of drug-likeness (QED) is 0.372. The molecule has 2 heterocycles. The first-order chi connectivity index (χ1) is 13.9. The highest BCUT2D eigenvalue weighted by molar-refractivity contribution is 5.88. The summed E-state index contributed by atoms with van der Waals surface area (Å²) in [5.41, 5.74) is -0.897. The predicted octanol–water partition coefficient (Wildman–Crippen LogP) is 6.65. The largest absolute Gasteiger partial charge is 0.445 e. The van der Waals surface area contributed by atoms with Crippen molar-refractivity contribution in [3.63, 3.8) is 0 Å². The van der Waals surface area contributed by atoms with E-state index in [4.69, 9.17) is 4.42 Å². The van der Waals surface area contributed by atoms with Crippen molar-refractivity contribution in [2.24, 2.45) is 0 Å². The van der Waals surface area contributed by atoms with Crippen LogP contribution in [0.3, 0.4) is 0 Å². The topological polar surface area (TPSA) is 54.7 Å². The van der Waals surface area contributed by atoms with E-state index in [-0.39, 0.29) is 33.4 Å². The number of hydrogen-bond acceptors (Lipinski definition) is 3. The Morgan fingerprint density at radius 1 is 1.00 bits per heavy atom. The first-order valence-electron chi connectivity index (χ1n) is 9.29. The number of H-pyrrole nitrogens is 1. The highest BCUT2D eigenvalue weighted by Crippen LogP contribution is 2.39. The van der Waals surface area contributed by atoms with E-state index in [1.807, 2.05) is 20.8 Å². The maximum absolute atomic E-state index is 14.2. The summed E-state index contributed by atoms with van der Waals surface area (Å²) in [6, 6.07) is 8.05. The molecule has 4 nitrogen and oxygen atoms in total. The smallest absolute Gasteiger partial charge is 0.418 e. The van der Waals surface area contributed by atoms with Gasteiger partial charge in [0.2, 0.25) is 0 Å². The van der Waals surface area contributed by atoms with Crippen LogP contribution in [0.2, 0.25) is 0 Å². The van der Waals surface area contributed by atoms with E-state index >= 15 is 0 Å². The summed E-state index contributed by atoms with van der Waals surface area (Å²) in [7, 11) is 0. The summed E-state index contributed by atoms with van der Waals surface area (Å²) in [6.45, 7) is 7.44. The normalized spacial score (nSPS) is 12.7. The molecule has 0 radical (unpaired) electrons. The van der Waals surface area contributed by atoms with Crippen LogP contribution in [-0.2, 0) is 11.6 Å². The second-order valence-corrected chi connectivity index (χ2v) is 8.15. The van der Waals surface area contributed by atoms with Crippen molar-refractivity contribution in [2.45, 2.75) is 39.3 Å². The van der Waals surface area contributed by atoms with Crippen LogP contribution in [-0.4, -0.2) is 15.0 Å². The van der Waals surface area contributed by atoms with E-state index in [1.165, 1.54) is 24.3 Å². The number of aromatic nitrogens is 3. The minimum absolute atomic E-state index is 0.0674. The number of aromatic amines is 1. The molecule has 0 bridgehead atoms. The molecule has 0 aliphatic carbocycles. The zero-order valence-corrected chi connectivity index (χ0v) is 16.8. The first-order valence-corrected chi connectivity index (χ1v) is 9.29. The number of nitrogens with one attached hydrogen (secondary N) is 1. The maximum atomic E-state index is 14.2. The van der Waals surface area contributed by atoms with Gasteiger partial charge in [0.25, 0.3) is 0 Å². The molecule has 156 valence electrons. The zero-order chi connectivity index (χ0) is 21.8. The van der Waals surface area contributed by atoms with E-state index in [0.29, 0.717) is 17.3 Å². The predicted molar refractivity (Wildman–Crippen MR) is 105 cm³/mol. The summed E-state index contributed by atoms with van der Waals surface area (Å²) in [6.07, 6.45) is -4.65. The summed E-state index contributed by atoms with van der Waals surface area (Å²) in [4.78, 5) is 11.5. The number of imidazole rings is 1. The molecule has 0 spiro atoms. The van der Waals surface area contributed by atoms with Crippen LogP contribution in [0, 0.1) is 12.7 Å². The average Bonchev–Trinajstić information content (AvgIpc) is 3.23. The van der Waals surface area contributed by atoms with Gasteiger partial charge in [-0.15, -0.1) is 0 Å². The molecule has 0 aliphatic heterocycles. The molecule has 30 heavy (non-hydrogen) atoms. The van der Waals surface area contributed by atoms with Gasteiger partial charge >= 0.3 is 6.18 Å². The van der Waals surface area contributed by atoms with Crippen LogP contribution in [0.25, 0.3) is 33.7 Å². The number of halogens is 4. The van der Waals surface area contributed by atoms with E-state index in [1.54, 1.807) is 13.0 Å². The van der Waals surface area contributed by atoms with Crippen LogP contribution in [0.4, 0.5) is 17.6 Å². The van der Waals surface area contributed by atoms with Crippen molar-refractivity contribution in [2.75, 3.05) is 0 Å². The van der Waals surface area contributed by atoms with Crippen LogP contribution in [0.1, 0.15) is 38.0 Å². The van der Waals surface area contributed by atoms with Crippen molar-refractivity contribution in [1.82, 2.24) is 15.0 Å². The molecule has 0 unspecified atom stereocenters. The molecule has 2 aromatic heterocycles. The number of benzene rings is 2. The Morgan fingerprint density at radius 2 is 1.70 bits per heavy atom. The fourth-order valence-corrected chi connectivity index (χ4v) is 3.24. The minimum Gasteiger partial charge on any atom is -0.445 e. The number of rotatable bonds is 2. The lowest BCUT2D eigenvalue weighted by molar-refractivity contribution is -0.136. The molecule has 0 saturated heterocycles. The number of aryl methyl sites for hydroxylation is 1. The maximum Gasteiger partial charge on any atom is 0.418 e. The summed E-state index contributed by atoms with van der Waals surface area (Å²) >= 11 is 0. The van der Waals surface area contributed by atoms with Crippen LogP contribution in [0.15, 0.2) is 40.8 Å². The van der Waals surface area contributed by atoms with Gasteiger partial charge in [0.05, 0.1) is 16.6 Å². The minimum atomic E-state index is -4.65. The number of hydrogen-bond donors (Lipinski definition) is 1. The van der Waals surface area contributed by atoms with E-state index in [9.17, 15) is 17.6 Å². The van der Waals surface area contributed by atoms with Gasteiger partial charge in [0, 0.05) is 11.0 Å². The van der Waals surface area contributed by atoms with Gasteiger partial charge < -0.3 is 9.40 Å². The van der Waals surface area contributed by atoms with E-state index in [0.717, 1.165) is 6.07 Å². The number of oxazole rings is 1. The number of fused-ring (bicyclic) bond motifs is 1. The Bertz CT molecular complexity index is 1250. The standard InChI is InChI=1S/C22H19F4N3O/c1-11-17(29-20(30-11)21(2,3)4)19-27-16-10-12(13-7-5-6-8-15(13)23)9-14(18(16)28-19)22(24,25)26/h5-10H,1-4H3,(H,27,28). The molecule has 0 amide bonds. The molecular weight excluding hydrogens is 398 g/mol. The van der Waals surface area contributed by atoms with Crippen LogP contribution < -0.4 is 0 Å². The first kappa shape index (κ1) is 20.1. The van der Waals surface area contributed by atoms with Gasteiger partial charge in [-0.3, -0.25) is 0 Å². The Hall–Kier alpha value is -3.16. The molecule has 2 aromatic carbocycles. The molecule has 0 saturated carbocycles. The Balaban J connectivity index is 1.95. The lowest BCUT2D eigenvalue weighted by atomic mass is 9.97. The highest BCUT2D eigenvalue weighted by atomic mass is 19.4. The van der Waals surface area contributed by atoms with E-state index < -0.39 is 17.6 Å². The van der Waals surface area contributed by atoms with Gasteiger partial charge in [-0.25, -0.2) is 14.4 Å². The van der Waals surface area contributed by atoms with Crippen molar-refractivity contribution in [3.8, 4) is 22.6 Å². The Labute approximate surface area is 170 Å². The monoisotopic (exact) mass is 417 g/mol. The van der Waals surface area contributed by atoms with Crippen molar-refractivity contribution in [1.29, 1.82) is 0 Å². The van der Waals surface area contributed by atoms with Gasteiger partial charge in [-0.2, -0.15) is 13.2 Å². The van der Waals surface area contributed by atoms with Crippen LogP contribution >= 0.6 is 0 Å². The SMILES string of the molecule is Cc1oc(C(C)(C)C)nc1-c1nc2cc(-c3ccccc3F)cc(C(F)(F)F)c2[nH]1. The third-order valence-electron chi connectivity index (χ3n) is 4.75. The number of alkyl halides is 3. The zero-order valence-electron chi connectivity index (χ0n) is 16.8. The van der Waals surface area contributed by atoms with Gasteiger partial charge in [-0.05, 0) is 30.7 Å². The summed E-state index contributed by atoms with van der Waals surface area (Å²) < 4.78 is 61.3. The molecule has 8 heteroatoms. The fraction of sp³-hybridized carbons (Fsp3) is 0.273. The molecule has 4 aromatic rings. The molecule has 0 atom stereocenters. The number of nitrogens with zero attached hydrogens (tertiary/aromatic N) is 2. The lowest BCUT2D eigenvalue weighted by Crippen LogP contribution is -2.11. The molecule has 0 fully saturated rings. The average molecular weight is 417 g/mol. The Kier molecular flexibility index (Phi) is 4.48. The lowest BCUT2D eigenvalue weighted by Gasteiger charge is -2.11. The van der Waals surface area contributed by atoms with Crippen molar-refractivity contribution < 1.29 is 22.0 Å². The summed E-state index contributed by atoms with van der Waals surface area (Å²) in [5.74, 6) is 0.459. The molecular formula is C22H19F4N3O. The molecule has 0 aliphatic rings. The van der Waals surface area contributed by atoms with Crippen LogP contribution in [0.5, 0.6) is 0 Å². The fourth-order valence-electron chi connectivity index (χ4n) is 3.24. The molecule has 1 N–H and O–H groups in total. The highest BCUT2D eigenvalue weighted by Gasteiger charge is 2.35. The Morgan fingerprint density at radius 3 is 2.30 bits per heavy atom. The van der Waals surface area contributed by atoms with Crippen molar-refractivity contribution >= 4 is 11.0 Å². The third kappa shape index (κ3) is 3.46. The second kappa shape index (κ2) is 6.68. The summed E-state index contributed by atoms with van der Waals surface area (Å²) in [5, 5.41) is 0. The second-order valence-electron chi connectivity index (χ2n) is 8.15. The van der Waals surface area contributed by atoms with Gasteiger partial charge in [0.15, 0.2) is 11.7 Å². The van der Waals surface area contributed by atoms with Gasteiger partial charge in [0.1, 0.15) is 17.3 Å². The van der Waals surface area contributed by atoms with Crippen molar-refractivity contribution in [3.05, 3.63) is 59.4 Å².